The predicted octanol–water partition coefficient (Wildman–Crippen LogP) is 4.76. The van der Waals surface area contributed by atoms with Crippen molar-refractivity contribution in [2.24, 2.45) is 0 Å². The molecule has 108 valence electrons. The third kappa shape index (κ3) is 3.18. The second kappa shape index (κ2) is 6.44. The quantitative estimate of drug-likeness (QED) is 0.747. The van der Waals surface area contributed by atoms with Gasteiger partial charge in [0.1, 0.15) is 5.75 Å². The molecule has 21 heavy (non-hydrogen) atoms. The van der Waals surface area contributed by atoms with Gasteiger partial charge in [-0.25, -0.2) is 0 Å². The van der Waals surface area contributed by atoms with Gasteiger partial charge in [0.15, 0.2) is 6.29 Å². The van der Waals surface area contributed by atoms with E-state index in [-0.39, 0.29) is 0 Å². The van der Waals surface area contributed by atoms with Crippen molar-refractivity contribution in [2.75, 3.05) is 6.61 Å². The van der Waals surface area contributed by atoms with Gasteiger partial charge in [0, 0.05) is 10.4 Å². The maximum Gasteiger partial charge on any atom is 0.153 e. The van der Waals surface area contributed by atoms with Crippen LogP contribution in [0.15, 0.2) is 46.9 Å². The van der Waals surface area contributed by atoms with Crippen molar-refractivity contribution < 1.29 is 9.53 Å². The first-order valence-electron chi connectivity index (χ1n) is 7.23. The maximum atomic E-state index is 11.1. The molecule has 1 aliphatic carbocycles. The standard InChI is InChI=1S/C18H17BrO2/c19-16-8-9-18(15(10-16)11-20)21-12-14-6-3-5-13-4-1-2-7-17(13)14/h1-2,4,7-11,14H,3,5-6,12H2. The van der Waals surface area contributed by atoms with Crippen molar-refractivity contribution in [1.29, 1.82) is 0 Å². The minimum atomic E-state index is 0.415. The van der Waals surface area contributed by atoms with Gasteiger partial charge in [0.05, 0.1) is 12.2 Å². The Kier molecular flexibility index (Phi) is 4.39. The molecule has 0 saturated carbocycles. The van der Waals surface area contributed by atoms with Crippen molar-refractivity contribution in [1.82, 2.24) is 0 Å². The first-order valence-corrected chi connectivity index (χ1v) is 8.02. The summed E-state index contributed by atoms with van der Waals surface area (Å²) in [5, 5.41) is 0. The summed E-state index contributed by atoms with van der Waals surface area (Å²) in [7, 11) is 0. The van der Waals surface area contributed by atoms with Crippen LogP contribution in [0.3, 0.4) is 0 Å². The molecular weight excluding hydrogens is 328 g/mol. The minimum absolute atomic E-state index is 0.415. The Morgan fingerprint density at radius 2 is 2.10 bits per heavy atom. The van der Waals surface area contributed by atoms with Crippen LogP contribution in [0.1, 0.15) is 40.2 Å². The molecule has 1 aliphatic rings. The van der Waals surface area contributed by atoms with Gasteiger partial charge in [-0.15, -0.1) is 0 Å². The van der Waals surface area contributed by atoms with Crippen molar-refractivity contribution in [2.45, 2.75) is 25.2 Å². The van der Waals surface area contributed by atoms with E-state index in [0.29, 0.717) is 23.8 Å². The summed E-state index contributed by atoms with van der Waals surface area (Å²) in [5.41, 5.74) is 3.42. The summed E-state index contributed by atoms with van der Waals surface area (Å²) in [4.78, 5) is 11.1. The van der Waals surface area contributed by atoms with Crippen molar-refractivity contribution >= 4 is 22.2 Å². The van der Waals surface area contributed by atoms with Gasteiger partial charge in [-0.2, -0.15) is 0 Å². The summed E-state index contributed by atoms with van der Waals surface area (Å²) < 4.78 is 6.82. The monoisotopic (exact) mass is 344 g/mol. The van der Waals surface area contributed by atoms with Crippen LogP contribution in [0.4, 0.5) is 0 Å². The molecule has 0 bridgehead atoms. The van der Waals surface area contributed by atoms with Crippen molar-refractivity contribution in [3.05, 3.63) is 63.6 Å². The highest BCUT2D eigenvalue weighted by Gasteiger charge is 2.20. The molecule has 1 atom stereocenters. The number of benzene rings is 2. The Bertz CT molecular complexity index is 651. The molecule has 0 heterocycles. The molecular formula is C18H17BrO2. The van der Waals surface area contributed by atoms with Gasteiger partial charge in [-0.05, 0) is 48.6 Å². The lowest BCUT2D eigenvalue weighted by atomic mass is 9.83. The molecule has 0 spiro atoms. The fourth-order valence-corrected chi connectivity index (χ4v) is 3.34. The number of carbonyl (C=O) groups excluding carboxylic acids is 1. The molecule has 3 rings (SSSR count). The molecule has 2 nitrogen and oxygen atoms in total. The largest absolute Gasteiger partial charge is 0.492 e. The van der Waals surface area contributed by atoms with Crippen LogP contribution in [0, 0.1) is 0 Å². The second-order valence-electron chi connectivity index (χ2n) is 5.40. The van der Waals surface area contributed by atoms with Crippen molar-refractivity contribution in [3.8, 4) is 5.75 Å². The lowest BCUT2D eigenvalue weighted by Crippen LogP contribution is -2.17. The number of rotatable bonds is 4. The van der Waals surface area contributed by atoms with Crippen LogP contribution in [0.25, 0.3) is 0 Å². The Balaban J connectivity index is 1.76. The van der Waals surface area contributed by atoms with Crippen LogP contribution in [0.5, 0.6) is 5.75 Å². The predicted molar refractivity (Wildman–Crippen MR) is 87.1 cm³/mol. The lowest BCUT2D eigenvalue weighted by molar-refractivity contribution is 0.111. The Morgan fingerprint density at radius 1 is 1.24 bits per heavy atom. The average molecular weight is 345 g/mol. The van der Waals surface area contributed by atoms with Gasteiger partial charge < -0.3 is 4.74 Å². The van der Waals surface area contributed by atoms with E-state index in [9.17, 15) is 4.79 Å². The van der Waals surface area contributed by atoms with Crippen LogP contribution < -0.4 is 4.74 Å². The zero-order valence-electron chi connectivity index (χ0n) is 11.7. The first kappa shape index (κ1) is 14.3. The highest BCUT2D eigenvalue weighted by Crippen LogP contribution is 2.32. The molecule has 3 heteroatoms. The van der Waals surface area contributed by atoms with Crippen molar-refractivity contribution in [3.63, 3.8) is 0 Å². The SMILES string of the molecule is O=Cc1cc(Br)ccc1OCC1CCCc2ccccc21. The lowest BCUT2D eigenvalue weighted by Gasteiger charge is -2.25. The number of aldehydes is 1. The molecule has 0 saturated heterocycles. The number of fused-ring (bicyclic) bond motifs is 1. The number of hydrogen-bond acceptors (Lipinski definition) is 2. The van der Waals surface area contributed by atoms with E-state index in [1.165, 1.54) is 17.5 Å². The van der Waals surface area contributed by atoms with E-state index in [4.69, 9.17) is 4.74 Å². The third-order valence-electron chi connectivity index (χ3n) is 4.03. The molecule has 0 fully saturated rings. The third-order valence-corrected chi connectivity index (χ3v) is 4.53. The van der Waals surface area contributed by atoms with E-state index < -0.39 is 0 Å². The smallest absolute Gasteiger partial charge is 0.153 e. The summed E-state index contributed by atoms with van der Waals surface area (Å²) in [6.45, 7) is 0.624. The Labute approximate surface area is 133 Å². The summed E-state index contributed by atoms with van der Waals surface area (Å²) in [6.07, 6.45) is 4.34. The fourth-order valence-electron chi connectivity index (χ4n) is 2.96. The van der Waals surface area contributed by atoms with E-state index >= 15 is 0 Å². The highest BCUT2D eigenvalue weighted by molar-refractivity contribution is 9.10. The number of ether oxygens (including phenoxy) is 1. The van der Waals surface area contributed by atoms with Gasteiger partial charge in [0.2, 0.25) is 0 Å². The Hall–Kier alpha value is -1.61. The minimum Gasteiger partial charge on any atom is -0.492 e. The fraction of sp³-hybridized carbons (Fsp3) is 0.278. The summed E-state index contributed by atoms with van der Waals surface area (Å²) in [6, 6.07) is 14.1. The van der Waals surface area contributed by atoms with Gasteiger partial charge in [-0.3, -0.25) is 4.79 Å². The highest BCUT2D eigenvalue weighted by atomic mass is 79.9. The molecule has 0 aliphatic heterocycles. The molecule has 2 aromatic carbocycles. The normalized spacial score (nSPS) is 17.1. The van der Waals surface area contributed by atoms with Gasteiger partial charge in [0.25, 0.3) is 0 Å². The van der Waals surface area contributed by atoms with E-state index in [2.05, 4.69) is 40.2 Å². The second-order valence-corrected chi connectivity index (χ2v) is 6.31. The van der Waals surface area contributed by atoms with Gasteiger partial charge >= 0.3 is 0 Å². The maximum absolute atomic E-state index is 11.1. The number of aryl methyl sites for hydroxylation is 1. The van der Waals surface area contributed by atoms with E-state index in [1.807, 2.05) is 12.1 Å². The number of halogens is 1. The van der Waals surface area contributed by atoms with Crippen LogP contribution in [-0.4, -0.2) is 12.9 Å². The molecule has 2 aromatic rings. The van der Waals surface area contributed by atoms with Crippen LogP contribution in [-0.2, 0) is 6.42 Å². The van der Waals surface area contributed by atoms with E-state index in [0.717, 1.165) is 23.6 Å². The Morgan fingerprint density at radius 3 is 2.95 bits per heavy atom. The van der Waals surface area contributed by atoms with Crippen LogP contribution in [0.2, 0.25) is 0 Å². The van der Waals surface area contributed by atoms with E-state index in [1.54, 1.807) is 6.07 Å². The average Bonchev–Trinajstić information content (AvgIpc) is 2.53. The number of carbonyl (C=O) groups is 1. The van der Waals surface area contributed by atoms with Crippen LogP contribution >= 0.6 is 15.9 Å². The summed E-state index contributed by atoms with van der Waals surface area (Å²) in [5.74, 6) is 1.08. The molecule has 0 radical (unpaired) electrons. The molecule has 0 amide bonds. The zero-order chi connectivity index (χ0) is 14.7. The first-order chi connectivity index (χ1) is 10.3. The molecule has 0 aromatic heterocycles. The zero-order valence-corrected chi connectivity index (χ0v) is 13.3. The molecule has 1 unspecified atom stereocenters. The summed E-state index contributed by atoms with van der Waals surface area (Å²) >= 11 is 3.37. The van der Waals surface area contributed by atoms with Gasteiger partial charge in [-0.1, -0.05) is 40.2 Å². The number of hydrogen-bond donors (Lipinski definition) is 0. The topological polar surface area (TPSA) is 26.3 Å². The molecule has 0 N–H and O–H groups in total.